The number of hydrogen-bond acceptors (Lipinski definition) is 3. The molecule has 0 saturated carbocycles. The smallest absolute Gasteiger partial charge is 0.100 e. The third-order valence-electron chi connectivity index (χ3n) is 4.05. The van der Waals surface area contributed by atoms with Gasteiger partial charge >= 0.3 is 0 Å². The maximum atomic E-state index is 6.25. The first-order valence-corrected chi connectivity index (χ1v) is 7.93. The molecule has 1 aliphatic heterocycles. The van der Waals surface area contributed by atoms with Gasteiger partial charge in [-0.25, -0.2) is 0 Å². The van der Waals surface area contributed by atoms with Gasteiger partial charge in [0.2, 0.25) is 0 Å². The van der Waals surface area contributed by atoms with Crippen molar-refractivity contribution in [2.75, 3.05) is 19.7 Å². The van der Waals surface area contributed by atoms with Crippen LogP contribution in [0.15, 0.2) is 60.7 Å². The Bertz CT molecular complexity index is 552. The van der Waals surface area contributed by atoms with Crippen molar-refractivity contribution in [3.05, 3.63) is 71.8 Å². The summed E-state index contributed by atoms with van der Waals surface area (Å²) >= 11 is 4.91. The van der Waals surface area contributed by atoms with Crippen molar-refractivity contribution in [1.29, 1.82) is 0 Å². The first kappa shape index (κ1) is 14.6. The molecule has 1 heterocycles. The van der Waals surface area contributed by atoms with E-state index < -0.39 is 0 Å². The van der Waals surface area contributed by atoms with Gasteiger partial charge in [0.15, 0.2) is 0 Å². The minimum absolute atomic E-state index is 0.0479. The van der Waals surface area contributed by atoms with Gasteiger partial charge in [-0.15, -0.1) is 0 Å². The molecule has 2 aromatic rings. The number of rotatable bonds is 4. The van der Waals surface area contributed by atoms with E-state index in [-0.39, 0.29) is 10.9 Å². The second kappa shape index (κ2) is 6.65. The highest BCUT2D eigenvalue weighted by Gasteiger charge is 2.40. The number of hydrogen-bond donors (Lipinski definition) is 2. The van der Waals surface area contributed by atoms with E-state index in [1.807, 2.05) is 12.1 Å². The zero-order valence-corrected chi connectivity index (χ0v) is 12.9. The molecule has 2 atom stereocenters. The molecule has 0 radical (unpaired) electrons. The predicted octanol–water partition coefficient (Wildman–Crippen LogP) is 3.26. The van der Waals surface area contributed by atoms with Gasteiger partial charge in [0.1, 0.15) is 5.60 Å². The zero-order valence-electron chi connectivity index (χ0n) is 12.0. The number of benzene rings is 2. The Morgan fingerprint density at radius 3 is 2.33 bits per heavy atom. The fourth-order valence-electron chi connectivity index (χ4n) is 2.94. The summed E-state index contributed by atoms with van der Waals surface area (Å²) in [5.41, 5.74) is 2.20. The van der Waals surface area contributed by atoms with Crippen molar-refractivity contribution < 1.29 is 4.74 Å². The average Bonchev–Trinajstić information content (AvgIpc) is 2.57. The molecule has 0 spiro atoms. The summed E-state index contributed by atoms with van der Waals surface area (Å²) in [6.45, 7) is 2.47. The van der Waals surface area contributed by atoms with Gasteiger partial charge < -0.3 is 10.1 Å². The van der Waals surface area contributed by atoms with E-state index in [2.05, 4.69) is 53.8 Å². The molecule has 0 amide bonds. The Kier molecular flexibility index (Phi) is 4.63. The number of morpholine rings is 1. The van der Waals surface area contributed by atoms with Crippen molar-refractivity contribution in [2.45, 2.75) is 17.3 Å². The highest BCUT2D eigenvalue weighted by molar-refractivity contribution is 7.80. The average molecular weight is 299 g/mol. The van der Waals surface area contributed by atoms with E-state index in [1.165, 1.54) is 11.1 Å². The van der Waals surface area contributed by atoms with E-state index in [0.29, 0.717) is 0 Å². The van der Waals surface area contributed by atoms with Crippen LogP contribution in [0.4, 0.5) is 0 Å². The lowest BCUT2D eigenvalue weighted by Gasteiger charge is -2.42. The maximum absolute atomic E-state index is 6.25. The summed E-state index contributed by atoms with van der Waals surface area (Å²) in [5, 5.41) is 3.52. The van der Waals surface area contributed by atoms with Crippen LogP contribution in [-0.2, 0) is 11.2 Å². The molecule has 1 N–H and O–H groups in total. The Morgan fingerprint density at radius 1 is 1.05 bits per heavy atom. The van der Waals surface area contributed by atoms with Gasteiger partial charge in [-0.1, -0.05) is 60.7 Å². The van der Waals surface area contributed by atoms with Crippen LogP contribution < -0.4 is 5.32 Å². The molecule has 21 heavy (non-hydrogen) atoms. The summed E-state index contributed by atoms with van der Waals surface area (Å²) in [4.78, 5) is 0. The quantitative estimate of drug-likeness (QED) is 0.846. The van der Waals surface area contributed by atoms with Gasteiger partial charge in [-0.2, -0.15) is 12.6 Å². The predicted molar refractivity (Wildman–Crippen MR) is 89.9 cm³/mol. The second-order valence-electron chi connectivity index (χ2n) is 5.57. The Morgan fingerprint density at radius 2 is 1.71 bits per heavy atom. The lowest BCUT2D eigenvalue weighted by atomic mass is 9.86. The van der Waals surface area contributed by atoms with Crippen LogP contribution >= 0.6 is 12.6 Å². The summed E-state index contributed by atoms with van der Waals surface area (Å²) in [6, 6.07) is 20.9. The molecular weight excluding hydrogens is 278 g/mol. The van der Waals surface area contributed by atoms with Crippen LogP contribution in [0.25, 0.3) is 0 Å². The lowest BCUT2D eigenvalue weighted by Crippen LogP contribution is -2.53. The van der Waals surface area contributed by atoms with Crippen LogP contribution in [0.1, 0.15) is 16.4 Å². The third-order valence-corrected chi connectivity index (χ3v) is 4.82. The number of thiol groups is 1. The molecule has 0 aromatic heterocycles. The van der Waals surface area contributed by atoms with E-state index in [0.717, 1.165) is 26.1 Å². The van der Waals surface area contributed by atoms with Gasteiger partial charge in [-0.3, -0.25) is 0 Å². The van der Waals surface area contributed by atoms with Crippen LogP contribution in [-0.4, -0.2) is 25.3 Å². The summed E-state index contributed by atoms with van der Waals surface area (Å²) < 4.78 is 6.25. The third kappa shape index (κ3) is 3.31. The molecule has 0 aliphatic carbocycles. The summed E-state index contributed by atoms with van der Waals surface area (Å²) in [7, 11) is 0. The van der Waals surface area contributed by atoms with E-state index in [4.69, 9.17) is 17.4 Å². The number of ether oxygens (including phenoxy) is 1. The largest absolute Gasteiger partial charge is 0.370 e. The normalized spacial score (nSPS) is 23.7. The van der Waals surface area contributed by atoms with Crippen LogP contribution in [0.2, 0.25) is 0 Å². The van der Waals surface area contributed by atoms with Crippen molar-refractivity contribution in [3.63, 3.8) is 0 Å². The first-order valence-electron chi connectivity index (χ1n) is 7.42. The highest BCUT2D eigenvalue weighted by Crippen LogP contribution is 2.38. The van der Waals surface area contributed by atoms with Crippen molar-refractivity contribution in [1.82, 2.24) is 5.32 Å². The monoisotopic (exact) mass is 299 g/mol. The summed E-state index contributed by atoms with van der Waals surface area (Å²) in [5.74, 6) is 0. The highest BCUT2D eigenvalue weighted by atomic mass is 32.1. The van der Waals surface area contributed by atoms with Crippen LogP contribution in [0.5, 0.6) is 0 Å². The van der Waals surface area contributed by atoms with Crippen molar-refractivity contribution in [2.24, 2.45) is 0 Å². The molecule has 1 aliphatic rings. The molecule has 1 saturated heterocycles. The topological polar surface area (TPSA) is 21.3 Å². The van der Waals surface area contributed by atoms with Gasteiger partial charge in [-0.05, 0) is 11.1 Å². The molecule has 3 rings (SSSR count). The van der Waals surface area contributed by atoms with Crippen molar-refractivity contribution >= 4 is 12.6 Å². The van der Waals surface area contributed by atoms with Gasteiger partial charge in [0.05, 0.1) is 11.9 Å². The molecular formula is C18H21NOS. The summed E-state index contributed by atoms with van der Waals surface area (Å²) in [6.07, 6.45) is 0.865. The van der Waals surface area contributed by atoms with Crippen LogP contribution in [0, 0.1) is 0 Å². The molecule has 2 nitrogen and oxygen atoms in total. The zero-order chi connectivity index (χ0) is 14.5. The molecule has 2 aromatic carbocycles. The fraction of sp³-hybridized carbons (Fsp3) is 0.333. The molecule has 3 heteroatoms. The standard InChI is InChI=1S/C18H21NOS/c21-17(16-9-5-2-6-10-16)18(14-19-11-12-20-18)13-15-7-3-1-4-8-15/h1-10,17,19,21H,11-14H2/t17-,18?/m0/s1. The van der Waals surface area contributed by atoms with E-state index in [1.54, 1.807) is 0 Å². The van der Waals surface area contributed by atoms with E-state index >= 15 is 0 Å². The Hall–Kier alpha value is -1.29. The van der Waals surface area contributed by atoms with Gasteiger partial charge in [0, 0.05) is 19.5 Å². The van der Waals surface area contributed by atoms with Crippen LogP contribution in [0.3, 0.4) is 0 Å². The van der Waals surface area contributed by atoms with E-state index in [9.17, 15) is 0 Å². The molecule has 110 valence electrons. The van der Waals surface area contributed by atoms with Gasteiger partial charge in [0.25, 0.3) is 0 Å². The SMILES string of the molecule is S[C@@H](c1ccccc1)C1(Cc2ccccc2)CNCCO1. The minimum atomic E-state index is -0.302. The Labute approximate surface area is 131 Å². The van der Waals surface area contributed by atoms with Crippen molar-refractivity contribution in [3.8, 4) is 0 Å². The molecule has 1 unspecified atom stereocenters. The first-order chi connectivity index (χ1) is 10.3. The Balaban J connectivity index is 1.89. The lowest BCUT2D eigenvalue weighted by molar-refractivity contribution is -0.0666. The fourth-order valence-corrected chi connectivity index (χ4v) is 3.37. The molecule has 0 bridgehead atoms. The minimum Gasteiger partial charge on any atom is -0.370 e. The molecule has 1 fully saturated rings. The maximum Gasteiger partial charge on any atom is 0.100 e. The number of nitrogens with one attached hydrogen (secondary N) is 1. The second-order valence-corrected chi connectivity index (χ2v) is 6.08.